The van der Waals surface area contributed by atoms with E-state index in [9.17, 15) is 14.0 Å². The number of aliphatic hydroxyl groups is 1. The number of carbonyl (C=O) groups excluding carboxylic acids is 2. The Morgan fingerprint density at radius 1 is 1.43 bits per heavy atom. The first kappa shape index (κ1) is 15.2. The van der Waals surface area contributed by atoms with Gasteiger partial charge in [-0.15, -0.1) is 0 Å². The Kier molecular flexibility index (Phi) is 4.42. The number of alkyl halides is 1. The van der Waals surface area contributed by atoms with Crippen LogP contribution in [0.1, 0.15) is 12.5 Å². The number of esters is 1. The SMILES string of the molecule is C[C@]1(F)C(=O)O[C@H](CO)[C@H]1OC(=O)OCc1ccccc1. The van der Waals surface area contributed by atoms with Crippen molar-refractivity contribution in [3.63, 3.8) is 0 Å². The number of ether oxygens (including phenoxy) is 3. The maximum absolute atomic E-state index is 14.1. The summed E-state index contributed by atoms with van der Waals surface area (Å²) >= 11 is 0. The second-order valence-corrected chi connectivity index (χ2v) is 4.76. The number of hydrogen-bond acceptors (Lipinski definition) is 6. The molecule has 0 aromatic heterocycles. The molecule has 1 aliphatic rings. The zero-order valence-electron chi connectivity index (χ0n) is 11.3. The van der Waals surface area contributed by atoms with Crippen LogP contribution < -0.4 is 0 Å². The lowest BCUT2D eigenvalue weighted by molar-refractivity contribution is -0.150. The molecule has 114 valence electrons. The van der Waals surface area contributed by atoms with E-state index in [1.54, 1.807) is 24.3 Å². The molecule has 0 bridgehead atoms. The minimum atomic E-state index is -2.51. The Balaban J connectivity index is 1.93. The Morgan fingerprint density at radius 3 is 2.71 bits per heavy atom. The van der Waals surface area contributed by atoms with Gasteiger partial charge in [-0.3, -0.25) is 0 Å². The second-order valence-electron chi connectivity index (χ2n) is 4.76. The minimum Gasteiger partial charge on any atom is -0.453 e. The van der Waals surface area contributed by atoms with Gasteiger partial charge >= 0.3 is 12.1 Å². The third kappa shape index (κ3) is 3.30. The molecule has 1 aromatic carbocycles. The van der Waals surface area contributed by atoms with Gasteiger partial charge in [-0.2, -0.15) is 0 Å². The highest BCUT2D eigenvalue weighted by Gasteiger charge is 2.58. The third-order valence-electron chi connectivity index (χ3n) is 3.13. The highest BCUT2D eigenvalue weighted by atomic mass is 19.1. The summed E-state index contributed by atoms with van der Waals surface area (Å²) in [4.78, 5) is 22.9. The average Bonchev–Trinajstić information content (AvgIpc) is 2.69. The molecule has 0 radical (unpaired) electrons. The molecule has 1 fully saturated rings. The van der Waals surface area contributed by atoms with E-state index in [2.05, 4.69) is 4.74 Å². The molecule has 7 heteroatoms. The van der Waals surface area contributed by atoms with Gasteiger partial charge in [0.2, 0.25) is 5.67 Å². The molecule has 0 aliphatic carbocycles. The van der Waals surface area contributed by atoms with Crippen molar-refractivity contribution < 1.29 is 33.3 Å². The van der Waals surface area contributed by atoms with Crippen LogP contribution in [0.5, 0.6) is 0 Å². The van der Waals surface area contributed by atoms with Crippen molar-refractivity contribution in [2.75, 3.05) is 6.61 Å². The third-order valence-corrected chi connectivity index (χ3v) is 3.13. The molecule has 0 unspecified atom stereocenters. The van der Waals surface area contributed by atoms with Crippen molar-refractivity contribution in [1.82, 2.24) is 0 Å². The van der Waals surface area contributed by atoms with Crippen LogP contribution in [0.3, 0.4) is 0 Å². The molecule has 1 aromatic rings. The Labute approximate surface area is 120 Å². The fraction of sp³-hybridized carbons (Fsp3) is 0.429. The van der Waals surface area contributed by atoms with E-state index in [-0.39, 0.29) is 6.61 Å². The van der Waals surface area contributed by atoms with Crippen LogP contribution in [-0.4, -0.2) is 41.7 Å². The van der Waals surface area contributed by atoms with Crippen molar-refractivity contribution in [1.29, 1.82) is 0 Å². The molecule has 21 heavy (non-hydrogen) atoms. The number of benzene rings is 1. The first-order valence-electron chi connectivity index (χ1n) is 6.33. The van der Waals surface area contributed by atoms with Crippen LogP contribution in [0.15, 0.2) is 30.3 Å². The van der Waals surface area contributed by atoms with Gasteiger partial charge in [-0.05, 0) is 12.5 Å². The fourth-order valence-corrected chi connectivity index (χ4v) is 1.95. The topological polar surface area (TPSA) is 82.1 Å². The van der Waals surface area contributed by atoms with E-state index in [0.29, 0.717) is 0 Å². The maximum Gasteiger partial charge on any atom is 0.509 e. The highest BCUT2D eigenvalue weighted by molar-refractivity contribution is 5.83. The van der Waals surface area contributed by atoms with Crippen molar-refractivity contribution in [2.24, 2.45) is 0 Å². The normalized spacial score (nSPS) is 28.0. The predicted molar refractivity (Wildman–Crippen MR) is 68.0 cm³/mol. The summed E-state index contributed by atoms with van der Waals surface area (Å²) in [6, 6.07) is 8.84. The number of aliphatic hydroxyl groups excluding tert-OH is 1. The molecular formula is C14H15FO6. The lowest BCUT2D eigenvalue weighted by Crippen LogP contribution is -2.43. The minimum absolute atomic E-state index is 0.0476. The van der Waals surface area contributed by atoms with E-state index >= 15 is 0 Å². The number of rotatable bonds is 4. The highest BCUT2D eigenvalue weighted by Crippen LogP contribution is 2.32. The van der Waals surface area contributed by atoms with Crippen molar-refractivity contribution >= 4 is 12.1 Å². The van der Waals surface area contributed by atoms with Gasteiger partial charge in [0.25, 0.3) is 0 Å². The van der Waals surface area contributed by atoms with E-state index in [4.69, 9.17) is 14.6 Å². The molecule has 1 saturated heterocycles. The predicted octanol–water partition coefficient (Wildman–Crippen LogP) is 1.35. The molecule has 3 atom stereocenters. The van der Waals surface area contributed by atoms with Crippen molar-refractivity contribution in [3.05, 3.63) is 35.9 Å². The van der Waals surface area contributed by atoms with Crippen LogP contribution in [0, 0.1) is 0 Å². The van der Waals surface area contributed by atoms with Gasteiger partial charge in [0.05, 0.1) is 6.61 Å². The summed E-state index contributed by atoms with van der Waals surface area (Å²) < 4.78 is 28.3. The number of carbonyl (C=O) groups is 2. The Hall–Kier alpha value is -2.15. The summed E-state index contributed by atoms with van der Waals surface area (Å²) in [6.45, 7) is 0.232. The summed E-state index contributed by atoms with van der Waals surface area (Å²) in [5, 5.41) is 9.03. The van der Waals surface area contributed by atoms with Crippen LogP contribution in [-0.2, 0) is 25.6 Å². The van der Waals surface area contributed by atoms with Gasteiger partial charge in [0.15, 0.2) is 12.2 Å². The van der Waals surface area contributed by atoms with Gasteiger partial charge in [-0.25, -0.2) is 14.0 Å². The van der Waals surface area contributed by atoms with E-state index in [1.807, 2.05) is 6.07 Å². The summed E-state index contributed by atoms with van der Waals surface area (Å²) in [5.41, 5.74) is -1.78. The number of hydrogen-bond donors (Lipinski definition) is 1. The lowest BCUT2D eigenvalue weighted by atomic mass is 10.0. The van der Waals surface area contributed by atoms with E-state index in [1.165, 1.54) is 0 Å². The van der Waals surface area contributed by atoms with Gasteiger partial charge in [-0.1, -0.05) is 30.3 Å². The monoisotopic (exact) mass is 298 g/mol. The van der Waals surface area contributed by atoms with Crippen molar-refractivity contribution in [2.45, 2.75) is 31.4 Å². The summed E-state index contributed by atoms with van der Waals surface area (Å²) in [7, 11) is 0. The molecule has 1 N–H and O–H groups in total. The maximum atomic E-state index is 14.1. The first-order valence-corrected chi connectivity index (χ1v) is 6.33. The van der Waals surface area contributed by atoms with Crippen LogP contribution in [0.2, 0.25) is 0 Å². The van der Waals surface area contributed by atoms with Crippen LogP contribution in [0.4, 0.5) is 9.18 Å². The van der Waals surface area contributed by atoms with Gasteiger partial charge < -0.3 is 19.3 Å². The molecular weight excluding hydrogens is 283 g/mol. The molecule has 0 amide bonds. The summed E-state index contributed by atoms with van der Waals surface area (Å²) in [5.74, 6) is -1.18. The van der Waals surface area contributed by atoms with E-state index < -0.39 is 36.6 Å². The number of cyclic esters (lactones) is 1. The zero-order valence-corrected chi connectivity index (χ0v) is 11.3. The fourth-order valence-electron chi connectivity index (χ4n) is 1.95. The molecule has 0 saturated carbocycles. The lowest BCUT2D eigenvalue weighted by Gasteiger charge is -2.21. The Morgan fingerprint density at radius 2 is 2.10 bits per heavy atom. The zero-order chi connectivity index (χ0) is 15.5. The molecule has 1 aliphatic heterocycles. The van der Waals surface area contributed by atoms with Crippen LogP contribution >= 0.6 is 0 Å². The molecule has 0 spiro atoms. The first-order chi connectivity index (χ1) is 9.95. The van der Waals surface area contributed by atoms with E-state index in [0.717, 1.165) is 12.5 Å². The standard InChI is InChI=1S/C14H15FO6/c1-14(15)11(10(7-16)20-12(14)17)21-13(18)19-8-9-5-3-2-4-6-9/h2-6,10-11,16H,7-8H2,1H3/t10-,11-,14-/m1/s1. The average molecular weight is 298 g/mol. The largest absolute Gasteiger partial charge is 0.509 e. The quantitative estimate of drug-likeness (QED) is 0.845. The molecule has 6 nitrogen and oxygen atoms in total. The molecule has 1 heterocycles. The van der Waals surface area contributed by atoms with Crippen LogP contribution in [0.25, 0.3) is 0 Å². The van der Waals surface area contributed by atoms with Crippen molar-refractivity contribution in [3.8, 4) is 0 Å². The van der Waals surface area contributed by atoms with Gasteiger partial charge in [0, 0.05) is 0 Å². The smallest absolute Gasteiger partial charge is 0.453 e. The molecule has 2 rings (SSSR count). The number of halogens is 1. The Bertz CT molecular complexity index is 515. The second kappa shape index (κ2) is 6.09. The summed E-state index contributed by atoms with van der Waals surface area (Å²) in [6.07, 6.45) is -3.92. The van der Waals surface area contributed by atoms with Gasteiger partial charge in [0.1, 0.15) is 6.61 Å².